The van der Waals surface area contributed by atoms with Crippen molar-refractivity contribution in [3.05, 3.63) is 11.9 Å². The maximum absolute atomic E-state index is 4.67. The predicted molar refractivity (Wildman–Crippen MR) is 60.3 cm³/mol. The molecule has 0 fully saturated rings. The minimum atomic E-state index is -0.0909. The summed E-state index contributed by atoms with van der Waals surface area (Å²) in [7, 11) is 1.99. The number of nitrogens with zero attached hydrogens (tertiary/aromatic N) is 2. The predicted octanol–water partition coefficient (Wildman–Crippen LogP) is 2.08. The fraction of sp³-hybridized carbons (Fsp3) is 0.700. The third-order valence-electron chi connectivity index (χ3n) is 2.02. The Hall–Kier alpha value is -0.360. The summed E-state index contributed by atoms with van der Waals surface area (Å²) in [5.74, 6) is 0. The van der Waals surface area contributed by atoms with Crippen LogP contribution in [0.15, 0.2) is 6.20 Å². The fourth-order valence-corrected chi connectivity index (χ4v) is 2.23. The lowest BCUT2D eigenvalue weighted by atomic mass is 9.93. The summed E-state index contributed by atoms with van der Waals surface area (Å²) < 4.78 is 2.16. The summed E-state index contributed by atoms with van der Waals surface area (Å²) in [5, 5.41) is 0. The highest BCUT2D eigenvalue weighted by molar-refractivity contribution is 7.63. The number of hydrogen-bond donors (Lipinski definition) is 0. The summed E-state index contributed by atoms with van der Waals surface area (Å²) in [6, 6.07) is 0. The molecule has 0 saturated carbocycles. The zero-order valence-corrected chi connectivity index (χ0v) is 10.3. The second kappa shape index (κ2) is 3.42. The van der Waals surface area contributed by atoms with Crippen molar-refractivity contribution in [1.82, 2.24) is 9.55 Å². The summed E-state index contributed by atoms with van der Waals surface area (Å²) in [6.45, 7) is 11.1. The molecule has 0 saturated heterocycles. The van der Waals surface area contributed by atoms with Crippen molar-refractivity contribution in [3.8, 4) is 0 Å². The van der Waals surface area contributed by atoms with E-state index in [9.17, 15) is 0 Å². The number of hydrogen-bond acceptors (Lipinski definition) is 1. The van der Waals surface area contributed by atoms with Gasteiger partial charge in [0.25, 0.3) is 0 Å². The Balaban J connectivity index is 3.10. The Morgan fingerprint density at radius 2 is 1.85 bits per heavy atom. The molecule has 0 aliphatic carbocycles. The van der Waals surface area contributed by atoms with Gasteiger partial charge in [-0.15, -0.1) is 0 Å². The van der Waals surface area contributed by atoms with E-state index >= 15 is 0 Å². The molecule has 0 atom stereocenters. The highest BCUT2D eigenvalue weighted by Crippen LogP contribution is 2.25. The van der Waals surface area contributed by atoms with E-state index in [0.29, 0.717) is 0 Å². The molecule has 0 radical (unpaired) electrons. The van der Waals surface area contributed by atoms with Crippen molar-refractivity contribution >= 4 is 13.5 Å². The highest BCUT2D eigenvalue weighted by Gasteiger charge is 2.19. The van der Waals surface area contributed by atoms with Crippen LogP contribution in [0, 0.1) is 0 Å². The molecule has 2 nitrogen and oxygen atoms in total. The maximum Gasteiger partial charge on any atom is 0.130 e. The zero-order valence-electron chi connectivity index (χ0n) is 9.42. The van der Waals surface area contributed by atoms with Crippen molar-refractivity contribution < 1.29 is 0 Å². The molecule has 0 bridgehead atoms. The van der Waals surface area contributed by atoms with Gasteiger partial charge in [-0.3, -0.25) is 0 Å². The van der Waals surface area contributed by atoms with Gasteiger partial charge in [0, 0.05) is 18.7 Å². The van der Waals surface area contributed by atoms with Gasteiger partial charge in [-0.1, -0.05) is 20.8 Å². The van der Waals surface area contributed by atoms with E-state index < -0.39 is 0 Å². The molecular weight excluding hydrogens is 179 g/mol. The largest absolute Gasteiger partial charge is 0.334 e. The second-order valence-electron chi connectivity index (χ2n) is 4.68. The molecule has 13 heavy (non-hydrogen) atoms. The number of aryl methyl sites for hydroxylation is 1. The van der Waals surface area contributed by atoms with Gasteiger partial charge >= 0.3 is 0 Å². The van der Waals surface area contributed by atoms with E-state index in [1.54, 1.807) is 0 Å². The zero-order chi connectivity index (χ0) is 10.2. The molecule has 1 aromatic heterocycles. The lowest BCUT2D eigenvalue weighted by molar-refractivity contribution is 0.572. The van der Waals surface area contributed by atoms with E-state index in [2.05, 4.69) is 56.9 Å². The topological polar surface area (TPSA) is 17.8 Å². The van der Waals surface area contributed by atoms with Gasteiger partial charge in [0.05, 0.1) is 5.69 Å². The molecule has 0 amide bonds. The van der Waals surface area contributed by atoms with Gasteiger partial charge < -0.3 is 4.57 Å². The summed E-state index contributed by atoms with van der Waals surface area (Å²) >= 11 is 0. The van der Waals surface area contributed by atoms with Crippen LogP contribution in [0.3, 0.4) is 0 Å². The van der Waals surface area contributed by atoms with Crippen molar-refractivity contribution in [1.29, 1.82) is 0 Å². The van der Waals surface area contributed by atoms with Crippen molar-refractivity contribution in [2.75, 3.05) is 13.3 Å². The number of rotatable bonds is 1. The second-order valence-corrected chi connectivity index (χ2v) is 6.87. The first-order valence-electron chi connectivity index (χ1n) is 4.53. The maximum atomic E-state index is 4.67. The van der Waals surface area contributed by atoms with Crippen LogP contribution in [0.2, 0.25) is 0 Å². The average Bonchev–Trinajstić information content (AvgIpc) is 2.29. The van der Waals surface area contributed by atoms with Gasteiger partial charge in [-0.05, 0) is 21.3 Å². The smallest absolute Gasteiger partial charge is 0.130 e. The van der Waals surface area contributed by atoms with Crippen molar-refractivity contribution in [3.63, 3.8) is 0 Å². The van der Waals surface area contributed by atoms with Crippen LogP contribution >= 0.6 is 7.92 Å². The molecule has 0 unspecified atom stereocenters. The van der Waals surface area contributed by atoms with Crippen molar-refractivity contribution in [2.45, 2.75) is 26.2 Å². The molecular formula is C10H19N2P. The van der Waals surface area contributed by atoms with E-state index in [0.717, 1.165) is 0 Å². The van der Waals surface area contributed by atoms with Crippen molar-refractivity contribution in [2.24, 2.45) is 7.05 Å². The Bertz CT molecular complexity index is 294. The Labute approximate surface area is 82.1 Å². The molecule has 0 N–H and O–H groups in total. The lowest BCUT2D eigenvalue weighted by Crippen LogP contribution is -2.15. The molecule has 0 aromatic carbocycles. The third-order valence-corrected chi connectivity index (χ3v) is 3.24. The van der Waals surface area contributed by atoms with E-state index in [-0.39, 0.29) is 13.3 Å². The lowest BCUT2D eigenvalue weighted by Gasteiger charge is -2.14. The number of imidazole rings is 1. The first-order chi connectivity index (χ1) is 5.82. The SMILES string of the molecule is Cn1cc(C(C)(C)C)nc1P(C)C. The van der Waals surface area contributed by atoms with Crippen LogP contribution in [0.5, 0.6) is 0 Å². The molecule has 3 heteroatoms. The first-order valence-corrected chi connectivity index (χ1v) is 6.77. The molecule has 1 rings (SSSR count). The van der Waals surface area contributed by atoms with Crippen LogP contribution in [0.1, 0.15) is 26.5 Å². The summed E-state index contributed by atoms with van der Waals surface area (Å²) in [5.41, 5.74) is 2.60. The highest BCUT2D eigenvalue weighted by atomic mass is 31.1. The molecule has 1 heterocycles. The van der Waals surface area contributed by atoms with Crippen LogP contribution in [0.4, 0.5) is 0 Å². The Morgan fingerprint density at radius 3 is 2.08 bits per heavy atom. The number of aromatic nitrogens is 2. The third kappa shape index (κ3) is 2.31. The summed E-state index contributed by atoms with van der Waals surface area (Å²) in [6.07, 6.45) is 2.15. The van der Waals surface area contributed by atoms with E-state index in [4.69, 9.17) is 0 Å². The molecule has 74 valence electrons. The minimum absolute atomic E-state index is 0.0909. The van der Waals surface area contributed by atoms with E-state index in [1.165, 1.54) is 11.3 Å². The average molecular weight is 198 g/mol. The van der Waals surface area contributed by atoms with Gasteiger partial charge in [0.2, 0.25) is 0 Å². The van der Waals surface area contributed by atoms with Gasteiger partial charge in [0.1, 0.15) is 5.57 Å². The quantitative estimate of drug-likeness (QED) is 0.632. The Kier molecular flexibility index (Phi) is 2.82. The monoisotopic (exact) mass is 198 g/mol. The summed E-state index contributed by atoms with van der Waals surface area (Å²) in [4.78, 5) is 4.67. The van der Waals surface area contributed by atoms with Crippen LogP contribution in [-0.2, 0) is 12.5 Å². The van der Waals surface area contributed by atoms with Crippen LogP contribution in [-0.4, -0.2) is 22.9 Å². The van der Waals surface area contributed by atoms with Crippen LogP contribution in [0.25, 0.3) is 0 Å². The molecule has 0 aliphatic rings. The van der Waals surface area contributed by atoms with Crippen LogP contribution < -0.4 is 5.57 Å². The first kappa shape index (κ1) is 10.7. The molecule has 0 spiro atoms. The van der Waals surface area contributed by atoms with Gasteiger partial charge in [0.15, 0.2) is 0 Å². The molecule has 1 aromatic rings. The normalized spacial score (nSPS) is 12.5. The van der Waals surface area contributed by atoms with Gasteiger partial charge in [-0.25, -0.2) is 4.98 Å². The Morgan fingerprint density at radius 1 is 1.31 bits per heavy atom. The fourth-order valence-electron chi connectivity index (χ4n) is 1.23. The standard InChI is InChI=1S/C10H19N2P/c1-10(2,3)8-7-12(4)9(11-8)13(5)6/h7H,1-6H3. The molecule has 0 aliphatic heterocycles. The van der Waals surface area contributed by atoms with Gasteiger partial charge in [-0.2, -0.15) is 0 Å². The minimum Gasteiger partial charge on any atom is -0.334 e. The van der Waals surface area contributed by atoms with E-state index in [1.807, 2.05) is 0 Å².